The van der Waals surface area contributed by atoms with Crippen molar-refractivity contribution in [2.75, 3.05) is 0 Å². The second kappa shape index (κ2) is 5.93. The molecule has 1 N–H and O–H groups in total. The van der Waals surface area contributed by atoms with Gasteiger partial charge in [0.25, 0.3) is 0 Å². The largest absolute Gasteiger partial charge is 0.481 e. The Balaban J connectivity index is 1.98. The molecule has 3 nitrogen and oxygen atoms in total. The summed E-state index contributed by atoms with van der Waals surface area (Å²) in [5.41, 5.74) is 3.39. The predicted octanol–water partition coefficient (Wildman–Crippen LogP) is 4.06. The fourth-order valence-electron chi connectivity index (χ4n) is 2.41. The minimum Gasteiger partial charge on any atom is -0.481 e. The fraction of sp³-hybridized carbons (Fsp3) is 0.111. The first-order valence-corrected chi connectivity index (χ1v) is 6.98. The third kappa shape index (κ3) is 3.11. The van der Waals surface area contributed by atoms with E-state index in [-0.39, 0.29) is 12.2 Å². The maximum absolute atomic E-state index is 13.3. The molecule has 0 amide bonds. The molecule has 1 aromatic heterocycles. The highest BCUT2D eigenvalue weighted by molar-refractivity contribution is 5.84. The Hall–Kier alpha value is -2.75. The van der Waals surface area contributed by atoms with Gasteiger partial charge in [-0.3, -0.25) is 9.78 Å². The maximum Gasteiger partial charge on any atom is 0.303 e. The van der Waals surface area contributed by atoms with Crippen LogP contribution in [0.1, 0.15) is 12.0 Å². The predicted molar refractivity (Wildman–Crippen MR) is 83.1 cm³/mol. The average Bonchev–Trinajstić information content (AvgIpc) is 2.52. The molecular weight excluding hydrogens is 281 g/mol. The normalized spacial score (nSPS) is 10.8. The molecule has 3 rings (SSSR count). The van der Waals surface area contributed by atoms with Crippen molar-refractivity contribution < 1.29 is 14.3 Å². The van der Waals surface area contributed by atoms with Gasteiger partial charge in [0, 0.05) is 23.6 Å². The van der Waals surface area contributed by atoms with E-state index in [2.05, 4.69) is 4.98 Å². The Kier molecular flexibility index (Phi) is 3.83. The number of halogens is 1. The van der Waals surface area contributed by atoms with Crippen LogP contribution in [0.3, 0.4) is 0 Å². The van der Waals surface area contributed by atoms with Gasteiger partial charge < -0.3 is 5.11 Å². The van der Waals surface area contributed by atoms with Crippen LogP contribution in [0, 0.1) is 5.82 Å². The van der Waals surface area contributed by atoms with Crippen molar-refractivity contribution in [2.45, 2.75) is 12.8 Å². The van der Waals surface area contributed by atoms with Gasteiger partial charge in [-0.25, -0.2) is 4.39 Å². The lowest BCUT2D eigenvalue weighted by atomic mass is 10.0. The first-order chi connectivity index (χ1) is 10.6. The number of aliphatic carboxylic acids is 1. The number of carboxylic acids is 1. The second-order valence-corrected chi connectivity index (χ2v) is 5.16. The molecule has 0 radical (unpaired) electrons. The van der Waals surface area contributed by atoms with Crippen LogP contribution < -0.4 is 0 Å². The Bertz CT molecular complexity index is 845. The number of nitrogens with zero attached hydrogens (tertiary/aromatic N) is 1. The lowest BCUT2D eigenvalue weighted by molar-refractivity contribution is -0.136. The molecule has 22 heavy (non-hydrogen) atoms. The van der Waals surface area contributed by atoms with E-state index in [1.54, 1.807) is 12.3 Å². The van der Waals surface area contributed by atoms with E-state index >= 15 is 0 Å². The van der Waals surface area contributed by atoms with Crippen molar-refractivity contribution in [2.24, 2.45) is 0 Å². The van der Waals surface area contributed by atoms with Crippen molar-refractivity contribution in [1.29, 1.82) is 0 Å². The summed E-state index contributed by atoms with van der Waals surface area (Å²) in [7, 11) is 0. The summed E-state index contributed by atoms with van der Waals surface area (Å²) in [6.45, 7) is 0. The molecule has 0 atom stereocenters. The number of carbonyl (C=O) groups is 1. The maximum atomic E-state index is 13.3. The van der Waals surface area contributed by atoms with Crippen LogP contribution >= 0.6 is 0 Å². The summed E-state index contributed by atoms with van der Waals surface area (Å²) >= 11 is 0. The summed E-state index contributed by atoms with van der Waals surface area (Å²) in [6.07, 6.45) is 2.30. The van der Waals surface area contributed by atoms with Crippen molar-refractivity contribution in [3.8, 4) is 11.1 Å². The third-order valence-electron chi connectivity index (χ3n) is 3.53. The molecule has 0 fully saturated rings. The van der Waals surface area contributed by atoms with Crippen molar-refractivity contribution in [3.05, 3.63) is 66.1 Å². The second-order valence-electron chi connectivity index (χ2n) is 5.16. The minimum atomic E-state index is -0.813. The molecule has 0 aliphatic carbocycles. The Labute approximate surface area is 127 Å². The van der Waals surface area contributed by atoms with Crippen molar-refractivity contribution >= 4 is 16.9 Å². The molecule has 0 saturated heterocycles. The van der Waals surface area contributed by atoms with Crippen molar-refractivity contribution in [3.63, 3.8) is 0 Å². The monoisotopic (exact) mass is 295 g/mol. The van der Waals surface area contributed by atoms with Crippen LogP contribution in [0.5, 0.6) is 0 Å². The molecule has 0 saturated carbocycles. The summed E-state index contributed by atoms with van der Waals surface area (Å²) in [5.74, 6) is -1.10. The van der Waals surface area contributed by atoms with Gasteiger partial charge >= 0.3 is 5.97 Å². The number of pyridine rings is 1. The number of carboxylic acid groups (broad SMARTS) is 1. The van der Waals surface area contributed by atoms with Crippen LogP contribution in [-0.2, 0) is 11.2 Å². The molecule has 0 aliphatic rings. The highest BCUT2D eigenvalue weighted by Crippen LogP contribution is 2.24. The van der Waals surface area contributed by atoms with Gasteiger partial charge in [-0.15, -0.1) is 0 Å². The van der Waals surface area contributed by atoms with E-state index in [1.165, 1.54) is 12.1 Å². The number of hydrogen-bond acceptors (Lipinski definition) is 2. The lowest BCUT2D eigenvalue weighted by Crippen LogP contribution is -1.97. The molecule has 0 aliphatic heterocycles. The topological polar surface area (TPSA) is 50.2 Å². The smallest absolute Gasteiger partial charge is 0.303 e. The van der Waals surface area contributed by atoms with E-state index in [1.807, 2.05) is 30.3 Å². The molecule has 0 unspecified atom stereocenters. The SMILES string of the molecule is O=C(O)CCc1ccc2ncc(-c3cccc(F)c3)cc2c1. The molecular formula is C18H14FNO2. The van der Waals surface area contributed by atoms with Gasteiger partial charge in [0.15, 0.2) is 0 Å². The van der Waals surface area contributed by atoms with E-state index in [0.717, 1.165) is 27.6 Å². The van der Waals surface area contributed by atoms with Crippen LogP contribution in [0.25, 0.3) is 22.0 Å². The fourth-order valence-corrected chi connectivity index (χ4v) is 2.41. The number of aryl methyl sites for hydroxylation is 1. The van der Waals surface area contributed by atoms with Crippen LogP contribution in [0.4, 0.5) is 4.39 Å². The molecule has 0 bridgehead atoms. The molecule has 4 heteroatoms. The highest BCUT2D eigenvalue weighted by Gasteiger charge is 2.04. The van der Waals surface area contributed by atoms with Crippen LogP contribution in [-0.4, -0.2) is 16.1 Å². The number of hydrogen-bond donors (Lipinski definition) is 1. The van der Waals surface area contributed by atoms with Gasteiger partial charge in [0.05, 0.1) is 5.52 Å². The number of aromatic nitrogens is 1. The summed E-state index contributed by atoms with van der Waals surface area (Å²) in [5, 5.41) is 9.68. The van der Waals surface area contributed by atoms with Gasteiger partial charge in [0.1, 0.15) is 5.82 Å². The molecule has 3 aromatic rings. The summed E-state index contributed by atoms with van der Waals surface area (Å²) < 4.78 is 13.3. The zero-order valence-electron chi connectivity index (χ0n) is 11.8. The average molecular weight is 295 g/mol. The van der Waals surface area contributed by atoms with Gasteiger partial charge in [-0.1, -0.05) is 18.2 Å². The molecule has 0 spiro atoms. The molecule has 2 aromatic carbocycles. The quantitative estimate of drug-likeness (QED) is 0.789. The summed E-state index contributed by atoms with van der Waals surface area (Å²) in [4.78, 5) is 15.0. The Morgan fingerprint density at radius 2 is 1.95 bits per heavy atom. The Morgan fingerprint density at radius 1 is 1.09 bits per heavy atom. The standard InChI is InChI=1S/C18H14FNO2/c19-16-3-1-2-13(10-16)15-9-14-8-12(5-7-18(21)22)4-6-17(14)20-11-15/h1-4,6,8-11H,5,7H2,(H,21,22). The zero-order chi connectivity index (χ0) is 15.5. The lowest BCUT2D eigenvalue weighted by Gasteiger charge is -2.06. The first-order valence-electron chi connectivity index (χ1n) is 6.98. The first kappa shape index (κ1) is 14.2. The van der Waals surface area contributed by atoms with E-state index in [4.69, 9.17) is 5.11 Å². The van der Waals surface area contributed by atoms with Gasteiger partial charge in [-0.05, 0) is 47.9 Å². The number of benzene rings is 2. The Morgan fingerprint density at radius 3 is 2.73 bits per heavy atom. The van der Waals surface area contributed by atoms with Crippen molar-refractivity contribution in [1.82, 2.24) is 4.98 Å². The summed E-state index contributed by atoms with van der Waals surface area (Å²) in [6, 6.07) is 14.0. The van der Waals surface area contributed by atoms with Crippen LogP contribution in [0.15, 0.2) is 54.7 Å². The van der Waals surface area contributed by atoms with Gasteiger partial charge in [-0.2, -0.15) is 0 Å². The van der Waals surface area contributed by atoms with Crippen LogP contribution in [0.2, 0.25) is 0 Å². The third-order valence-corrected chi connectivity index (χ3v) is 3.53. The van der Waals surface area contributed by atoms with E-state index < -0.39 is 5.97 Å². The molecule has 1 heterocycles. The number of fused-ring (bicyclic) bond motifs is 1. The highest BCUT2D eigenvalue weighted by atomic mass is 19.1. The van der Waals surface area contributed by atoms with E-state index in [0.29, 0.717) is 6.42 Å². The van der Waals surface area contributed by atoms with E-state index in [9.17, 15) is 9.18 Å². The number of rotatable bonds is 4. The zero-order valence-corrected chi connectivity index (χ0v) is 11.8. The molecule has 110 valence electrons. The van der Waals surface area contributed by atoms with Gasteiger partial charge in [0.2, 0.25) is 0 Å². The minimum absolute atomic E-state index is 0.0997.